The van der Waals surface area contributed by atoms with Crippen molar-refractivity contribution < 1.29 is 8.42 Å². The van der Waals surface area contributed by atoms with Crippen molar-refractivity contribution in [1.82, 2.24) is 10.0 Å². The van der Waals surface area contributed by atoms with Crippen molar-refractivity contribution in [3.05, 3.63) is 27.7 Å². The largest absolute Gasteiger partial charge is 0.313 e. The Morgan fingerprint density at radius 2 is 1.76 bits per heavy atom. The van der Waals surface area contributed by atoms with Crippen LogP contribution in [0.4, 0.5) is 0 Å². The van der Waals surface area contributed by atoms with Crippen LogP contribution in [0.15, 0.2) is 17.0 Å². The normalized spacial score (nSPS) is 12.7. The van der Waals surface area contributed by atoms with Crippen molar-refractivity contribution in [1.29, 1.82) is 0 Å². The molecule has 0 spiro atoms. The summed E-state index contributed by atoms with van der Waals surface area (Å²) in [6, 6.07) is 3.00. The molecule has 0 bridgehead atoms. The van der Waals surface area contributed by atoms with E-state index in [0.29, 0.717) is 17.1 Å². The van der Waals surface area contributed by atoms with E-state index in [1.165, 1.54) is 12.1 Å². The lowest BCUT2D eigenvalue weighted by Gasteiger charge is -2.21. The fourth-order valence-corrected chi connectivity index (χ4v) is 4.05. The van der Waals surface area contributed by atoms with Crippen LogP contribution >= 0.6 is 23.2 Å². The minimum absolute atomic E-state index is 0.0526. The molecule has 7 heteroatoms. The molecule has 120 valence electrons. The van der Waals surface area contributed by atoms with Crippen LogP contribution in [0.2, 0.25) is 10.0 Å². The number of sulfonamides is 1. The molecule has 0 fully saturated rings. The molecule has 0 heterocycles. The third-order valence-corrected chi connectivity index (χ3v) is 5.15. The monoisotopic (exact) mass is 352 g/mol. The number of hydrogen-bond acceptors (Lipinski definition) is 3. The van der Waals surface area contributed by atoms with Crippen LogP contribution in [0.25, 0.3) is 0 Å². The van der Waals surface area contributed by atoms with Gasteiger partial charge in [0.15, 0.2) is 0 Å². The van der Waals surface area contributed by atoms with Gasteiger partial charge in [0.1, 0.15) is 4.90 Å². The highest BCUT2D eigenvalue weighted by atomic mass is 35.5. The molecule has 0 aliphatic carbocycles. The lowest BCUT2D eigenvalue weighted by molar-refractivity contribution is 0.491. The molecular weight excluding hydrogens is 331 g/mol. The highest BCUT2D eigenvalue weighted by Gasteiger charge is 2.25. The molecule has 1 aromatic carbocycles. The first kappa shape index (κ1) is 18.7. The van der Waals surface area contributed by atoms with Crippen molar-refractivity contribution in [2.45, 2.75) is 51.1 Å². The molecule has 0 atom stereocenters. The first-order valence-corrected chi connectivity index (χ1v) is 9.03. The summed E-state index contributed by atoms with van der Waals surface area (Å²) in [6.45, 7) is 8.72. The van der Waals surface area contributed by atoms with Gasteiger partial charge in [0.2, 0.25) is 10.0 Å². The summed E-state index contributed by atoms with van der Waals surface area (Å²) in [4.78, 5) is 0.0526. The van der Waals surface area contributed by atoms with Gasteiger partial charge in [-0.25, -0.2) is 13.1 Å². The Balaban J connectivity index is 3.15. The molecule has 4 nitrogen and oxygen atoms in total. The quantitative estimate of drug-likeness (QED) is 0.769. The smallest absolute Gasteiger partial charge is 0.242 e. The zero-order valence-corrected chi connectivity index (χ0v) is 15.1. The van der Waals surface area contributed by atoms with Crippen LogP contribution in [-0.2, 0) is 16.6 Å². The molecule has 2 N–H and O–H groups in total. The number of halogens is 2. The SMILES string of the molecule is CCCNCc1cc(S(=O)(=O)NC(C)(C)C)c(Cl)cc1Cl. The second-order valence-corrected chi connectivity index (χ2v) is 8.37. The Bertz CT molecular complexity index is 596. The summed E-state index contributed by atoms with van der Waals surface area (Å²) in [5.41, 5.74) is 0.131. The van der Waals surface area contributed by atoms with Crippen LogP contribution in [0.3, 0.4) is 0 Å². The van der Waals surface area contributed by atoms with Gasteiger partial charge in [0.25, 0.3) is 0 Å². The summed E-state index contributed by atoms with van der Waals surface area (Å²) in [7, 11) is -3.69. The molecule has 0 saturated carbocycles. The molecule has 0 radical (unpaired) electrons. The maximum atomic E-state index is 12.4. The Morgan fingerprint density at radius 3 is 2.29 bits per heavy atom. The molecule has 1 aromatic rings. The van der Waals surface area contributed by atoms with Gasteiger partial charge < -0.3 is 5.32 Å². The first-order valence-electron chi connectivity index (χ1n) is 6.79. The van der Waals surface area contributed by atoms with Gasteiger partial charge in [-0.2, -0.15) is 0 Å². The minimum atomic E-state index is -3.69. The van der Waals surface area contributed by atoms with Gasteiger partial charge in [-0.05, 0) is 51.4 Å². The molecule has 0 saturated heterocycles. The van der Waals surface area contributed by atoms with Crippen molar-refractivity contribution >= 4 is 33.2 Å². The van der Waals surface area contributed by atoms with E-state index in [1.54, 1.807) is 20.8 Å². The summed E-state index contributed by atoms with van der Waals surface area (Å²) >= 11 is 12.2. The van der Waals surface area contributed by atoms with E-state index in [-0.39, 0.29) is 9.92 Å². The Kier molecular flexibility index (Phi) is 6.50. The predicted molar refractivity (Wildman–Crippen MR) is 88.5 cm³/mol. The van der Waals surface area contributed by atoms with Crippen LogP contribution in [0, 0.1) is 0 Å². The Morgan fingerprint density at radius 1 is 1.14 bits per heavy atom. The van der Waals surface area contributed by atoms with E-state index >= 15 is 0 Å². The third-order valence-electron chi connectivity index (χ3n) is 2.57. The van der Waals surface area contributed by atoms with Gasteiger partial charge in [-0.1, -0.05) is 30.1 Å². The maximum absolute atomic E-state index is 12.4. The van der Waals surface area contributed by atoms with E-state index in [0.717, 1.165) is 13.0 Å². The van der Waals surface area contributed by atoms with Crippen LogP contribution < -0.4 is 10.0 Å². The van der Waals surface area contributed by atoms with Crippen molar-refractivity contribution in [3.8, 4) is 0 Å². The minimum Gasteiger partial charge on any atom is -0.313 e. The Hall–Kier alpha value is -0.330. The second kappa shape index (κ2) is 7.29. The molecule has 0 aliphatic heterocycles. The summed E-state index contributed by atoms with van der Waals surface area (Å²) < 4.78 is 27.4. The van der Waals surface area contributed by atoms with Gasteiger partial charge in [-0.15, -0.1) is 0 Å². The fourth-order valence-electron chi connectivity index (χ4n) is 1.77. The first-order chi connectivity index (χ1) is 9.57. The number of benzene rings is 1. The van der Waals surface area contributed by atoms with Crippen LogP contribution in [0.1, 0.15) is 39.7 Å². The maximum Gasteiger partial charge on any atom is 0.242 e. The second-order valence-electron chi connectivity index (χ2n) is 5.91. The average molecular weight is 353 g/mol. The summed E-state index contributed by atoms with van der Waals surface area (Å²) in [6.07, 6.45) is 0.988. The van der Waals surface area contributed by atoms with Gasteiger partial charge in [0.05, 0.1) is 5.02 Å². The van der Waals surface area contributed by atoms with Crippen molar-refractivity contribution in [2.24, 2.45) is 0 Å². The average Bonchev–Trinajstić information content (AvgIpc) is 2.28. The predicted octanol–water partition coefficient (Wildman–Crippen LogP) is 3.57. The third kappa shape index (κ3) is 5.75. The van der Waals surface area contributed by atoms with Gasteiger partial charge in [0, 0.05) is 17.1 Å². The number of rotatable bonds is 6. The highest BCUT2D eigenvalue weighted by Crippen LogP contribution is 2.29. The molecule has 0 unspecified atom stereocenters. The van der Waals surface area contributed by atoms with E-state index in [1.807, 2.05) is 0 Å². The zero-order valence-electron chi connectivity index (χ0n) is 12.8. The lowest BCUT2D eigenvalue weighted by Crippen LogP contribution is -2.40. The molecule has 0 aromatic heterocycles. The standard InChI is InChI=1S/C14H22Cl2N2O2S/c1-5-6-17-9-10-7-13(12(16)8-11(10)15)21(19,20)18-14(2,3)4/h7-8,17-18H,5-6,9H2,1-4H3. The summed E-state index contributed by atoms with van der Waals surface area (Å²) in [5, 5.41) is 3.77. The van der Waals surface area contributed by atoms with E-state index in [2.05, 4.69) is 17.0 Å². The highest BCUT2D eigenvalue weighted by molar-refractivity contribution is 7.89. The fraction of sp³-hybridized carbons (Fsp3) is 0.571. The van der Waals surface area contributed by atoms with E-state index < -0.39 is 15.6 Å². The number of hydrogen-bond donors (Lipinski definition) is 2. The molecule has 0 amide bonds. The zero-order chi connectivity index (χ0) is 16.3. The van der Waals surface area contributed by atoms with Crippen LogP contribution in [-0.4, -0.2) is 20.5 Å². The van der Waals surface area contributed by atoms with Crippen molar-refractivity contribution in [2.75, 3.05) is 6.54 Å². The molecule has 1 rings (SSSR count). The number of nitrogens with one attached hydrogen (secondary N) is 2. The topological polar surface area (TPSA) is 58.2 Å². The van der Waals surface area contributed by atoms with Gasteiger partial charge in [-0.3, -0.25) is 0 Å². The van der Waals surface area contributed by atoms with E-state index in [4.69, 9.17) is 23.2 Å². The summed E-state index contributed by atoms with van der Waals surface area (Å²) in [5.74, 6) is 0. The Labute approximate surface area is 137 Å². The molecule has 21 heavy (non-hydrogen) atoms. The lowest BCUT2D eigenvalue weighted by atomic mass is 10.1. The molecular formula is C14H22Cl2N2O2S. The molecule has 0 aliphatic rings. The van der Waals surface area contributed by atoms with E-state index in [9.17, 15) is 8.42 Å². The van der Waals surface area contributed by atoms with Crippen molar-refractivity contribution in [3.63, 3.8) is 0 Å². The van der Waals surface area contributed by atoms with Gasteiger partial charge >= 0.3 is 0 Å². The van der Waals surface area contributed by atoms with Crippen LogP contribution in [0.5, 0.6) is 0 Å².